The van der Waals surface area contributed by atoms with E-state index < -0.39 is 21.9 Å². The molecule has 1 atom stereocenters. The number of rotatable bonds is 10. The van der Waals surface area contributed by atoms with Gasteiger partial charge in [-0.15, -0.1) is 5.10 Å². The van der Waals surface area contributed by atoms with Crippen molar-refractivity contribution in [2.24, 2.45) is 18.4 Å². The lowest BCUT2D eigenvalue weighted by Crippen LogP contribution is -2.36. The Kier molecular flexibility index (Phi) is 11.1. The Morgan fingerprint density at radius 2 is 1.70 bits per heavy atom. The molecule has 9 nitrogen and oxygen atoms in total. The Bertz CT molecular complexity index is 1600. The van der Waals surface area contributed by atoms with Crippen molar-refractivity contribution in [3.63, 3.8) is 0 Å². The van der Waals surface area contributed by atoms with E-state index in [2.05, 4.69) is 22.0 Å². The second-order valence-electron chi connectivity index (χ2n) is 14.1. The summed E-state index contributed by atoms with van der Waals surface area (Å²) in [6.45, 7) is 4.63. The van der Waals surface area contributed by atoms with Crippen molar-refractivity contribution in [3.8, 4) is 5.75 Å². The average molecular weight is 653 g/mol. The number of hydrogen-bond donors (Lipinski definition) is 2. The number of sulfonamides is 1. The molecule has 2 aliphatic rings. The smallest absolute Gasteiger partial charge is 0.304 e. The second-order valence-corrected chi connectivity index (χ2v) is 16.2. The topological polar surface area (TPSA) is 123 Å². The summed E-state index contributed by atoms with van der Waals surface area (Å²) in [6, 6.07) is 9.51. The number of methoxy groups -OCH3 is 1. The van der Waals surface area contributed by atoms with E-state index >= 15 is 0 Å². The highest BCUT2D eigenvalue weighted by atomic mass is 32.2. The first-order valence-corrected chi connectivity index (χ1v) is 18.7. The Labute approximate surface area is 274 Å². The van der Waals surface area contributed by atoms with Crippen LogP contribution in [0, 0.1) is 18.3 Å². The fraction of sp³-hybridized carbons (Fsp3) is 0.639. The molecule has 10 heteroatoms. The molecule has 0 aliphatic heterocycles. The second kappa shape index (κ2) is 14.8. The van der Waals surface area contributed by atoms with Crippen molar-refractivity contribution in [3.05, 3.63) is 52.6 Å². The highest BCUT2D eigenvalue weighted by Crippen LogP contribution is 2.46. The summed E-state index contributed by atoms with van der Waals surface area (Å²) in [4.78, 5) is 12.0. The molecular weight excluding hydrogens is 600 g/mol. The monoisotopic (exact) mass is 652 g/mol. The standard InChI is InChI=1S/C36H52N4O5S/c1-25-16-17-26(31(23-34(41)42)27-21-32-35(33(22-27)45-4)40(3)39-38-32)20-28(25)24-37-46(43,44)30-14-10-12-29(13-11-15-30)36(2)18-8-6-5-7-9-19-36/h16-17,20-22,29-31,37H,5-15,18-19,23-24H2,1-4H3,(H,41,42). The van der Waals surface area contributed by atoms with Gasteiger partial charge in [0.05, 0.1) is 18.8 Å². The maximum Gasteiger partial charge on any atom is 0.304 e. The summed E-state index contributed by atoms with van der Waals surface area (Å²) < 4.78 is 37.4. The summed E-state index contributed by atoms with van der Waals surface area (Å²) in [7, 11) is -0.164. The molecule has 1 aromatic heterocycles. The molecule has 0 saturated heterocycles. The molecule has 0 amide bonds. The first kappa shape index (κ1) is 34.4. The lowest BCUT2D eigenvalue weighted by Gasteiger charge is -2.41. The fourth-order valence-corrected chi connectivity index (χ4v) is 9.68. The zero-order valence-electron chi connectivity index (χ0n) is 28.1. The summed E-state index contributed by atoms with van der Waals surface area (Å²) in [5.41, 5.74) is 5.10. The van der Waals surface area contributed by atoms with Gasteiger partial charge in [-0.3, -0.25) is 4.79 Å². The van der Waals surface area contributed by atoms with Crippen molar-refractivity contribution >= 4 is 27.0 Å². The molecule has 5 rings (SSSR count). The zero-order chi connectivity index (χ0) is 32.9. The maximum atomic E-state index is 13.6. The van der Waals surface area contributed by atoms with Gasteiger partial charge in [-0.25, -0.2) is 17.8 Å². The molecule has 1 heterocycles. The maximum absolute atomic E-state index is 13.6. The van der Waals surface area contributed by atoms with Crippen LogP contribution in [-0.2, 0) is 28.4 Å². The highest BCUT2D eigenvalue weighted by Gasteiger charge is 2.36. The Morgan fingerprint density at radius 1 is 1.02 bits per heavy atom. The van der Waals surface area contributed by atoms with E-state index in [1.165, 1.54) is 44.9 Å². The zero-order valence-corrected chi connectivity index (χ0v) is 28.9. The van der Waals surface area contributed by atoms with Crippen LogP contribution in [0.3, 0.4) is 0 Å². The normalized spacial score (nSPS) is 21.9. The van der Waals surface area contributed by atoms with E-state index in [4.69, 9.17) is 4.74 Å². The van der Waals surface area contributed by atoms with Crippen LogP contribution in [0.25, 0.3) is 11.0 Å². The molecular formula is C36H52N4O5S. The SMILES string of the molecule is COc1cc(C(CC(=O)O)c2ccc(C)c(CNS(=O)(=O)C3CCCC(C4(C)CCCCCCC4)CCC3)c2)cc2nnn(C)c12. The molecule has 3 aromatic rings. The summed E-state index contributed by atoms with van der Waals surface area (Å²) in [5, 5.41) is 17.8. The van der Waals surface area contributed by atoms with Gasteiger partial charge in [0.2, 0.25) is 10.0 Å². The van der Waals surface area contributed by atoms with Crippen LogP contribution in [0.1, 0.15) is 125 Å². The minimum absolute atomic E-state index is 0.134. The van der Waals surface area contributed by atoms with Crippen molar-refractivity contribution in [2.75, 3.05) is 7.11 Å². The van der Waals surface area contributed by atoms with Gasteiger partial charge >= 0.3 is 5.97 Å². The van der Waals surface area contributed by atoms with E-state index in [-0.39, 0.29) is 18.2 Å². The largest absolute Gasteiger partial charge is 0.494 e. The third-order valence-electron chi connectivity index (χ3n) is 11.0. The number of aliphatic carboxylic acids is 1. The van der Waals surface area contributed by atoms with Gasteiger partial charge in [0, 0.05) is 19.5 Å². The molecule has 2 aliphatic carbocycles. The third kappa shape index (κ3) is 7.93. The van der Waals surface area contributed by atoms with Crippen molar-refractivity contribution in [1.29, 1.82) is 0 Å². The predicted molar refractivity (Wildman–Crippen MR) is 182 cm³/mol. The van der Waals surface area contributed by atoms with Crippen LogP contribution in [0.2, 0.25) is 0 Å². The number of carboxylic acids is 1. The first-order valence-electron chi connectivity index (χ1n) is 17.2. The van der Waals surface area contributed by atoms with Crippen LogP contribution in [0.15, 0.2) is 30.3 Å². The summed E-state index contributed by atoms with van der Waals surface area (Å²) >= 11 is 0. The number of aromatic nitrogens is 3. The highest BCUT2D eigenvalue weighted by molar-refractivity contribution is 7.90. The van der Waals surface area contributed by atoms with Crippen LogP contribution in [-0.4, -0.2) is 46.8 Å². The number of carbonyl (C=O) groups is 1. The molecule has 46 heavy (non-hydrogen) atoms. The molecule has 1 unspecified atom stereocenters. The Hall–Kier alpha value is -2.98. The molecule has 0 radical (unpaired) electrons. The van der Waals surface area contributed by atoms with Gasteiger partial charge in [-0.2, -0.15) is 0 Å². The number of ether oxygens (including phenoxy) is 1. The van der Waals surface area contributed by atoms with Gasteiger partial charge in [-0.05, 0) is 91.2 Å². The van der Waals surface area contributed by atoms with Crippen LogP contribution in [0.5, 0.6) is 5.75 Å². The quantitative estimate of drug-likeness (QED) is 0.234. The lowest BCUT2D eigenvalue weighted by molar-refractivity contribution is -0.137. The van der Waals surface area contributed by atoms with Gasteiger partial charge in [-0.1, -0.05) is 75.3 Å². The average Bonchev–Trinajstić information content (AvgIpc) is 3.37. The van der Waals surface area contributed by atoms with E-state index in [0.717, 1.165) is 53.5 Å². The molecule has 0 bridgehead atoms. The number of carboxylic acid groups (broad SMARTS) is 1. The molecule has 2 aromatic carbocycles. The van der Waals surface area contributed by atoms with Crippen molar-refractivity contribution in [2.45, 2.75) is 121 Å². The minimum Gasteiger partial charge on any atom is -0.494 e. The van der Waals surface area contributed by atoms with Crippen LogP contribution in [0.4, 0.5) is 0 Å². The number of hydrogen-bond acceptors (Lipinski definition) is 6. The fourth-order valence-electron chi connectivity index (χ4n) is 8.13. The lowest BCUT2D eigenvalue weighted by atomic mass is 9.65. The number of benzene rings is 2. The van der Waals surface area contributed by atoms with Crippen molar-refractivity contribution < 1.29 is 23.1 Å². The van der Waals surface area contributed by atoms with Gasteiger partial charge in [0.15, 0.2) is 0 Å². The van der Waals surface area contributed by atoms with Crippen LogP contribution < -0.4 is 9.46 Å². The number of nitrogens with one attached hydrogen (secondary N) is 1. The first-order chi connectivity index (χ1) is 22.0. The molecule has 252 valence electrons. The Morgan fingerprint density at radius 3 is 2.35 bits per heavy atom. The molecule has 0 spiro atoms. The van der Waals surface area contributed by atoms with Gasteiger partial charge in [0.1, 0.15) is 16.8 Å². The molecule has 2 saturated carbocycles. The van der Waals surface area contributed by atoms with E-state index in [1.54, 1.807) is 18.8 Å². The van der Waals surface area contributed by atoms with E-state index in [9.17, 15) is 18.3 Å². The predicted octanol–water partition coefficient (Wildman–Crippen LogP) is 7.40. The van der Waals surface area contributed by atoms with Gasteiger partial charge < -0.3 is 9.84 Å². The Balaban J connectivity index is 1.29. The van der Waals surface area contributed by atoms with Gasteiger partial charge in [0.25, 0.3) is 0 Å². The minimum atomic E-state index is -3.52. The summed E-state index contributed by atoms with van der Waals surface area (Å²) in [6.07, 6.45) is 14.8. The molecule has 2 N–H and O–H groups in total. The van der Waals surface area contributed by atoms with Crippen LogP contribution >= 0.6 is 0 Å². The number of nitrogens with zero attached hydrogens (tertiary/aromatic N) is 3. The number of aryl methyl sites for hydroxylation is 2. The van der Waals surface area contributed by atoms with E-state index in [1.807, 2.05) is 37.3 Å². The van der Waals surface area contributed by atoms with Crippen molar-refractivity contribution in [1.82, 2.24) is 19.7 Å². The molecule has 2 fully saturated rings. The number of fused-ring (bicyclic) bond motifs is 1. The van der Waals surface area contributed by atoms with E-state index in [0.29, 0.717) is 35.4 Å². The summed E-state index contributed by atoms with van der Waals surface area (Å²) in [5.74, 6) is -0.145. The third-order valence-corrected chi connectivity index (χ3v) is 12.9.